The molecular formula is C24H23FN6O. The van der Waals surface area contributed by atoms with E-state index >= 15 is 0 Å². The van der Waals surface area contributed by atoms with Gasteiger partial charge in [-0.05, 0) is 67.3 Å². The summed E-state index contributed by atoms with van der Waals surface area (Å²) in [6.45, 7) is 2.75. The monoisotopic (exact) mass is 430 g/mol. The van der Waals surface area contributed by atoms with E-state index in [0.29, 0.717) is 17.6 Å². The van der Waals surface area contributed by atoms with Crippen LogP contribution in [0.5, 0.6) is 5.88 Å². The molecule has 0 spiro atoms. The van der Waals surface area contributed by atoms with Crippen molar-refractivity contribution in [2.45, 2.75) is 32.2 Å². The Balaban J connectivity index is 1.42. The Kier molecular flexibility index (Phi) is 5.26. The molecule has 32 heavy (non-hydrogen) atoms. The molecular weight excluding hydrogens is 407 g/mol. The molecule has 5 rings (SSSR count). The van der Waals surface area contributed by atoms with Crippen LogP contribution in [0.4, 0.5) is 16.2 Å². The Morgan fingerprint density at radius 2 is 1.94 bits per heavy atom. The molecule has 1 N–H and O–H groups in total. The number of ether oxygens (including phenoxy) is 1. The lowest BCUT2D eigenvalue weighted by Gasteiger charge is -2.22. The van der Waals surface area contributed by atoms with E-state index in [-0.39, 0.29) is 11.7 Å². The molecule has 0 amide bonds. The largest absolute Gasteiger partial charge is 0.480 e. The highest BCUT2D eigenvalue weighted by Gasteiger charge is 2.26. The highest BCUT2D eigenvalue weighted by Crippen LogP contribution is 2.34. The van der Waals surface area contributed by atoms with Gasteiger partial charge in [-0.2, -0.15) is 9.97 Å². The second kappa shape index (κ2) is 8.37. The molecule has 8 heteroatoms. The predicted molar refractivity (Wildman–Crippen MR) is 120 cm³/mol. The number of pyridine rings is 2. The van der Waals surface area contributed by atoms with Crippen molar-refractivity contribution >= 4 is 11.8 Å². The molecule has 1 aromatic carbocycles. The summed E-state index contributed by atoms with van der Waals surface area (Å²) in [6, 6.07) is 14.4. The molecule has 3 aromatic heterocycles. The van der Waals surface area contributed by atoms with Crippen molar-refractivity contribution in [3.05, 3.63) is 77.6 Å². The van der Waals surface area contributed by atoms with E-state index < -0.39 is 0 Å². The van der Waals surface area contributed by atoms with Crippen molar-refractivity contribution in [1.29, 1.82) is 0 Å². The zero-order chi connectivity index (χ0) is 22.1. The van der Waals surface area contributed by atoms with Gasteiger partial charge in [0.25, 0.3) is 0 Å². The van der Waals surface area contributed by atoms with Crippen molar-refractivity contribution in [3.63, 3.8) is 0 Å². The van der Waals surface area contributed by atoms with E-state index in [9.17, 15) is 4.39 Å². The van der Waals surface area contributed by atoms with E-state index in [0.717, 1.165) is 47.6 Å². The maximum Gasteiger partial charge on any atom is 0.247 e. The lowest BCUT2D eigenvalue weighted by molar-refractivity contribution is 0.400. The first-order valence-corrected chi connectivity index (χ1v) is 10.6. The summed E-state index contributed by atoms with van der Waals surface area (Å²) < 4.78 is 20.8. The predicted octanol–water partition coefficient (Wildman–Crippen LogP) is 4.86. The van der Waals surface area contributed by atoms with Gasteiger partial charge in [-0.1, -0.05) is 12.1 Å². The second-order valence-electron chi connectivity index (χ2n) is 7.83. The van der Waals surface area contributed by atoms with Gasteiger partial charge >= 0.3 is 0 Å². The Labute approximate surface area is 185 Å². The molecule has 1 unspecified atom stereocenters. The summed E-state index contributed by atoms with van der Waals surface area (Å²) in [5.41, 5.74) is 3.85. The number of nitrogens with one attached hydrogen (secondary N) is 1. The first-order chi connectivity index (χ1) is 15.6. The van der Waals surface area contributed by atoms with Crippen molar-refractivity contribution < 1.29 is 9.13 Å². The van der Waals surface area contributed by atoms with Gasteiger partial charge in [0.15, 0.2) is 0 Å². The van der Waals surface area contributed by atoms with Crippen LogP contribution in [-0.4, -0.2) is 31.8 Å². The van der Waals surface area contributed by atoms with Gasteiger partial charge < -0.3 is 10.1 Å². The van der Waals surface area contributed by atoms with Crippen LogP contribution in [0.25, 0.3) is 11.1 Å². The molecule has 7 nitrogen and oxygen atoms in total. The Morgan fingerprint density at radius 3 is 2.72 bits per heavy atom. The third-order valence-corrected chi connectivity index (χ3v) is 5.65. The summed E-state index contributed by atoms with van der Waals surface area (Å²) in [4.78, 5) is 13.6. The van der Waals surface area contributed by atoms with Crippen LogP contribution < -0.4 is 10.1 Å². The number of nitrogens with zero attached hydrogens (tertiary/aromatic N) is 5. The summed E-state index contributed by atoms with van der Waals surface area (Å²) in [5.74, 6) is 2.31. The topological polar surface area (TPSA) is 77.8 Å². The van der Waals surface area contributed by atoms with E-state index in [1.54, 1.807) is 13.3 Å². The smallest absolute Gasteiger partial charge is 0.247 e. The molecule has 162 valence electrons. The van der Waals surface area contributed by atoms with E-state index in [1.807, 2.05) is 48.0 Å². The van der Waals surface area contributed by atoms with Crippen LogP contribution in [0.3, 0.4) is 0 Å². The molecule has 0 aliphatic carbocycles. The lowest BCUT2D eigenvalue weighted by atomic mass is 9.91. The highest BCUT2D eigenvalue weighted by atomic mass is 19.1. The first kappa shape index (κ1) is 20.1. The van der Waals surface area contributed by atoms with Crippen LogP contribution in [0.1, 0.15) is 35.8 Å². The number of fused-ring (bicyclic) bond motifs is 1. The number of halogens is 1. The van der Waals surface area contributed by atoms with Gasteiger partial charge in [0, 0.05) is 29.9 Å². The van der Waals surface area contributed by atoms with Crippen LogP contribution in [0.2, 0.25) is 0 Å². The lowest BCUT2D eigenvalue weighted by Crippen LogP contribution is -2.17. The van der Waals surface area contributed by atoms with E-state index in [1.165, 1.54) is 12.1 Å². The van der Waals surface area contributed by atoms with Gasteiger partial charge in [0.1, 0.15) is 17.5 Å². The number of hydrogen-bond donors (Lipinski definition) is 1. The molecule has 0 saturated carbocycles. The average molecular weight is 430 g/mol. The van der Waals surface area contributed by atoms with E-state index in [4.69, 9.17) is 9.72 Å². The summed E-state index contributed by atoms with van der Waals surface area (Å²) >= 11 is 0. The Hall–Kier alpha value is -3.81. The first-order valence-electron chi connectivity index (χ1n) is 10.6. The van der Waals surface area contributed by atoms with Gasteiger partial charge in [-0.3, -0.25) is 4.98 Å². The van der Waals surface area contributed by atoms with Gasteiger partial charge in [0.2, 0.25) is 11.8 Å². The maximum absolute atomic E-state index is 13.4. The summed E-state index contributed by atoms with van der Waals surface area (Å²) in [6.07, 6.45) is 3.72. The number of aryl methyl sites for hydroxylation is 2. The normalized spacial score (nSPS) is 15.3. The average Bonchev–Trinajstić information content (AvgIpc) is 3.22. The third kappa shape index (κ3) is 3.91. The van der Waals surface area contributed by atoms with Gasteiger partial charge in [-0.25, -0.2) is 9.07 Å². The number of methoxy groups -OCH3 is 1. The standard InChI is InChI=1S/C24H23FN6O/c1-15-14-17(11-12-26-15)20-9-10-21(27-23(20)32-2)28-24-29-22-19(4-3-13-31(22)30-24)16-5-7-18(25)8-6-16/h5-12,14,19H,3-4,13H2,1-2H3,(H,27,28,30). The van der Waals surface area contributed by atoms with Gasteiger partial charge in [0.05, 0.1) is 7.11 Å². The molecule has 0 bridgehead atoms. The molecule has 4 aromatic rings. The SMILES string of the molecule is COc1nc(Nc2nc3n(n2)CCCC3c2ccc(F)cc2)ccc1-c1ccnc(C)c1. The van der Waals surface area contributed by atoms with Crippen LogP contribution in [0, 0.1) is 12.7 Å². The van der Waals surface area contributed by atoms with Crippen LogP contribution in [-0.2, 0) is 6.54 Å². The van der Waals surface area contributed by atoms with Crippen molar-refractivity contribution in [1.82, 2.24) is 24.7 Å². The van der Waals surface area contributed by atoms with Crippen molar-refractivity contribution in [3.8, 4) is 17.0 Å². The second-order valence-corrected chi connectivity index (χ2v) is 7.83. The van der Waals surface area contributed by atoms with E-state index in [2.05, 4.69) is 20.4 Å². The zero-order valence-electron chi connectivity index (χ0n) is 17.9. The fraction of sp³-hybridized carbons (Fsp3) is 0.250. The quantitative estimate of drug-likeness (QED) is 0.487. The van der Waals surface area contributed by atoms with Gasteiger partial charge in [-0.15, -0.1) is 5.10 Å². The van der Waals surface area contributed by atoms with Crippen molar-refractivity contribution in [2.75, 3.05) is 12.4 Å². The molecule has 0 radical (unpaired) electrons. The fourth-order valence-electron chi connectivity index (χ4n) is 4.13. The number of aromatic nitrogens is 5. The minimum absolute atomic E-state index is 0.0900. The maximum atomic E-state index is 13.4. The minimum atomic E-state index is -0.237. The molecule has 0 fully saturated rings. The Bertz CT molecular complexity index is 1250. The molecule has 1 aliphatic rings. The number of rotatable bonds is 5. The molecule has 4 heterocycles. The molecule has 1 aliphatic heterocycles. The third-order valence-electron chi connectivity index (χ3n) is 5.65. The van der Waals surface area contributed by atoms with Crippen LogP contribution in [0.15, 0.2) is 54.7 Å². The minimum Gasteiger partial charge on any atom is -0.480 e. The highest BCUT2D eigenvalue weighted by molar-refractivity contribution is 5.70. The Morgan fingerprint density at radius 1 is 1.09 bits per heavy atom. The van der Waals surface area contributed by atoms with Crippen LogP contribution >= 0.6 is 0 Å². The fourth-order valence-corrected chi connectivity index (χ4v) is 4.13. The number of anilines is 2. The summed E-state index contributed by atoms with van der Waals surface area (Å²) in [5, 5.41) is 7.82. The molecule has 1 atom stereocenters. The van der Waals surface area contributed by atoms with Crippen molar-refractivity contribution in [2.24, 2.45) is 0 Å². The molecule has 0 saturated heterocycles. The zero-order valence-corrected chi connectivity index (χ0v) is 17.9. The summed E-state index contributed by atoms with van der Waals surface area (Å²) in [7, 11) is 1.60. The number of hydrogen-bond acceptors (Lipinski definition) is 6. The number of benzene rings is 1.